The van der Waals surface area contributed by atoms with Crippen LogP contribution in [-0.2, 0) is 9.53 Å². The Bertz CT molecular complexity index is 416. The molecule has 1 aromatic carbocycles. The van der Waals surface area contributed by atoms with Gasteiger partial charge >= 0.3 is 5.97 Å². The van der Waals surface area contributed by atoms with Crippen LogP contribution in [0.1, 0.15) is 26.3 Å². The summed E-state index contributed by atoms with van der Waals surface area (Å²) in [5.41, 5.74) is 1.58. The second kappa shape index (κ2) is 6.36. The molecule has 3 nitrogen and oxygen atoms in total. The van der Waals surface area contributed by atoms with E-state index < -0.39 is 0 Å². The first kappa shape index (κ1) is 14.5. The van der Waals surface area contributed by atoms with E-state index in [0.717, 1.165) is 5.56 Å². The molecule has 0 bridgehead atoms. The molecule has 1 N–H and O–H groups in total. The number of carbonyl (C=O) groups excluding carboxylic acids is 1. The molecule has 0 amide bonds. The van der Waals surface area contributed by atoms with Crippen molar-refractivity contribution in [1.29, 1.82) is 0 Å². The zero-order valence-corrected chi connectivity index (χ0v) is 11.5. The van der Waals surface area contributed by atoms with Crippen molar-refractivity contribution < 1.29 is 9.53 Å². The summed E-state index contributed by atoms with van der Waals surface area (Å²) in [5.74, 6) is -0.296. The fourth-order valence-corrected chi connectivity index (χ4v) is 1.42. The van der Waals surface area contributed by atoms with Gasteiger partial charge in [-0.05, 0) is 32.4 Å². The molecule has 98 valence electrons. The number of rotatable bonds is 4. The highest BCUT2D eigenvalue weighted by Crippen LogP contribution is 2.09. The van der Waals surface area contributed by atoms with Gasteiger partial charge in [-0.25, -0.2) is 4.79 Å². The third-order valence-electron chi connectivity index (χ3n) is 2.40. The lowest BCUT2D eigenvalue weighted by Crippen LogP contribution is -2.38. The monoisotopic (exact) mass is 247 g/mol. The largest absolute Gasteiger partial charge is 0.466 e. The number of ether oxygens (including phenoxy) is 1. The molecule has 0 aromatic heterocycles. The molecule has 0 radical (unpaired) electrons. The quantitative estimate of drug-likeness (QED) is 0.656. The van der Waals surface area contributed by atoms with Gasteiger partial charge in [0.15, 0.2) is 0 Å². The van der Waals surface area contributed by atoms with Crippen LogP contribution in [0.25, 0.3) is 6.08 Å². The van der Waals surface area contributed by atoms with Crippen molar-refractivity contribution in [3.05, 3.63) is 41.5 Å². The van der Waals surface area contributed by atoms with Gasteiger partial charge in [0, 0.05) is 12.1 Å². The lowest BCUT2D eigenvalue weighted by atomic mass is 10.1. The van der Waals surface area contributed by atoms with Gasteiger partial charge in [0.25, 0.3) is 0 Å². The fraction of sp³-hybridized carbons (Fsp3) is 0.400. The van der Waals surface area contributed by atoms with Gasteiger partial charge in [-0.1, -0.05) is 30.3 Å². The van der Waals surface area contributed by atoms with E-state index in [9.17, 15) is 4.79 Å². The Morgan fingerprint density at radius 2 is 1.89 bits per heavy atom. The smallest absolute Gasteiger partial charge is 0.335 e. The third-order valence-corrected chi connectivity index (χ3v) is 2.40. The van der Waals surface area contributed by atoms with Gasteiger partial charge < -0.3 is 10.1 Å². The summed E-state index contributed by atoms with van der Waals surface area (Å²) >= 11 is 0. The van der Waals surface area contributed by atoms with Gasteiger partial charge in [-0.15, -0.1) is 0 Å². The molecule has 3 heteroatoms. The van der Waals surface area contributed by atoms with E-state index in [2.05, 4.69) is 26.1 Å². The predicted octanol–water partition coefficient (Wildman–Crippen LogP) is 2.63. The molecule has 0 spiro atoms. The van der Waals surface area contributed by atoms with Gasteiger partial charge in [0.2, 0.25) is 0 Å². The van der Waals surface area contributed by atoms with Crippen LogP contribution in [-0.4, -0.2) is 25.2 Å². The maximum Gasteiger partial charge on any atom is 0.335 e. The highest BCUT2D eigenvalue weighted by molar-refractivity contribution is 5.94. The Kier molecular flexibility index (Phi) is 5.10. The van der Waals surface area contributed by atoms with Crippen LogP contribution >= 0.6 is 0 Å². The van der Waals surface area contributed by atoms with Gasteiger partial charge in [0.1, 0.15) is 0 Å². The lowest BCUT2D eigenvalue weighted by Gasteiger charge is -2.21. The van der Waals surface area contributed by atoms with Crippen LogP contribution in [0, 0.1) is 0 Å². The summed E-state index contributed by atoms with van der Waals surface area (Å²) in [6.07, 6.45) is 1.85. The molecule has 0 atom stereocenters. The van der Waals surface area contributed by atoms with Gasteiger partial charge in [-0.3, -0.25) is 0 Å². The van der Waals surface area contributed by atoms with Crippen LogP contribution in [0.15, 0.2) is 35.9 Å². The summed E-state index contributed by atoms with van der Waals surface area (Å²) in [6.45, 7) is 6.67. The molecular formula is C15H21NO2. The van der Waals surface area contributed by atoms with E-state index in [1.165, 1.54) is 7.11 Å². The normalized spacial score (nSPS) is 12.3. The molecule has 0 saturated carbocycles. The SMILES string of the molecule is COC(=O)/C(=C\c1ccccc1)CNC(C)(C)C. The minimum absolute atomic E-state index is 0.0379. The zero-order valence-electron chi connectivity index (χ0n) is 11.5. The Balaban J connectivity index is 2.85. The molecule has 1 rings (SSSR count). The number of nitrogens with one attached hydrogen (secondary N) is 1. The third kappa shape index (κ3) is 5.15. The second-order valence-electron chi connectivity index (χ2n) is 5.18. The van der Waals surface area contributed by atoms with Crippen LogP contribution < -0.4 is 5.32 Å². The molecule has 0 heterocycles. The minimum atomic E-state index is -0.296. The van der Waals surface area contributed by atoms with Crippen LogP contribution in [0.4, 0.5) is 0 Å². The maximum atomic E-state index is 11.7. The Morgan fingerprint density at radius 3 is 2.39 bits per heavy atom. The number of hydrogen-bond donors (Lipinski definition) is 1. The van der Waals surface area contributed by atoms with Crippen LogP contribution in [0.5, 0.6) is 0 Å². The second-order valence-corrected chi connectivity index (χ2v) is 5.18. The number of esters is 1. The van der Waals surface area contributed by atoms with Crippen molar-refractivity contribution in [2.24, 2.45) is 0 Å². The van der Waals surface area contributed by atoms with Crippen molar-refractivity contribution in [2.75, 3.05) is 13.7 Å². The maximum absolute atomic E-state index is 11.7. The molecule has 0 unspecified atom stereocenters. The number of hydrogen-bond acceptors (Lipinski definition) is 3. The first-order chi connectivity index (χ1) is 8.42. The average Bonchev–Trinajstić information content (AvgIpc) is 2.33. The Labute approximate surface area is 109 Å². The van der Waals surface area contributed by atoms with E-state index in [-0.39, 0.29) is 11.5 Å². The van der Waals surface area contributed by atoms with Crippen molar-refractivity contribution in [1.82, 2.24) is 5.32 Å². The molecule has 1 aromatic rings. The highest BCUT2D eigenvalue weighted by Gasteiger charge is 2.14. The lowest BCUT2D eigenvalue weighted by molar-refractivity contribution is -0.136. The minimum Gasteiger partial charge on any atom is -0.466 e. The zero-order chi connectivity index (χ0) is 13.6. The topological polar surface area (TPSA) is 38.3 Å². The Morgan fingerprint density at radius 1 is 1.28 bits per heavy atom. The standard InChI is InChI=1S/C15H21NO2/c1-15(2,3)16-11-13(14(17)18-4)10-12-8-6-5-7-9-12/h5-10,16H,11H2,1-4H3/b13-10-. The number of carbonyl (C=O) groups is 1. The van der Waals surface area contributed by atoms with Gasteiger partial charge in [-0.2, -0.15) is 0 Å². The predicted molar refractivity (Wildman–Crippen MR) is 74.2 cm³/mol. The van der Waals surface area contributed by atoms with Crippen molar-refractivity contribution in [3.8, 4) is 0 Å². The van der Waals surface area contributed by atoms with Gasteiger partial charge in [0.05, 0.1) is 12.7 Å². The number of methoxy groups -OCH3 is 1. The molecule has 0 aliphatic rings. The first-order valence-corrected chi connectivity index (χ1v) is 6.01. The van der Waals surface area contributed by atoms with E-state index >= 15 is 0 Å². The van der Waals surface area contributed by atoms with E-state index in [1.54, 1.807) is 0 Å². The van der Waals surface area contributed by atoms with Crippen molar-refractivity contribution in [3.63, 3.8) is 0 Å². The van der Waals surface area contributed by atoms with E-state index in [1.807, 2.05) is 36.4 Å². The average molecular weight is 247 g/mol. The van der Waals surface area contributed by atoms with E-state index in [4.69, 9.17) is 4.74 Å². The molecule has 0 aliphatic carbocycles. The summed E-state index contributed by atoms with van der Waals surface area (Å²) in [6, 6.07) is 9.75. The summed E-state index contributed by atoms with van der Waals surface area (Å²) in [5, 5.41) is 3.29. The molecule has 0 saturated heterocycles. The molecule has 18 heavy (non-hydrogen) atoms. The first-order valence-electron chi connectivity index (χ1n) is 6.01. The summed E-state index contributed by atoms with van der Waals surface area (Å²) in [7, 11) is 1.40. The summed E-state index contributed by atoms with van der Waals surface area (Å²) in [4.78, 5) is 11.7. The number of benzene rings is 1. The van der Waals surface area contributed by atoms with E-state index in [0.29, 0.717) is 12.1 Å². The highest BCUT2D eigenvalue weighted by atomic mass is 16.5. The fourth-order valence-electron chi connectivity index (χ4n) is 1.42. The Hall–Kier alpha value is -1.61. The van der Waals surface area contributed by atoms with Crippen LogP contribution in [0.2, 0.25) is 0 Å². The molecule has 0 fully saturated rings. The van der Waals surface area contributed by atoms with Crippen LogP contribution in [0.3, 0.4) is 0 Å². The van der Waals surface area contributed by atoms with Crippen molar-refractivity contribution in [2.45, 2.75) is 26.3 Å². The van der Waals surface area contributed by atoms with Crippen molar-refractivity contribution >= 4 is 12.0 Å². The molecule has 0 aliphatic heterocycles. The molecular weight excluding hydrogens is 226 g/mol. The summed E-state index contributed by atoms with van der Waals surface area (Å²) < 4.78 is 4.80.